The average molecular weight is 446 g/mol. The standard InChI is InChI=1S/C20H16F2N4O4S/c21-12-2-1-11(7-13(12)22)17(15-8-23-10-31-15)26-16-9-30-6-5-24(16)20(29)18-19(28)14(27)3-4-25(18)26/h1-4,7-8,10,16-17,28H,5-6,9H2/t16-,17+/m1/s1. The lowest BCUT2D eigenvalue weighted by molar-refractivity contribution is -0.0196. The zero-order valence-electron chi connectivity index (χ0n) is 15.9. The summed E-state index contributed by atoms with van der Waals surface area (Å²) in [5.41, 5.74) is 1.14. The molecule has 1 N–H and O–H groups in total. The molecule has 1 saturated heterocycles. The molecule has 1 aromatic carbocycles. The minimum atomic E-state index is -1.01. The van der Waals surface area contributed by atoms with Crippen LogP contribution >= 0.6 is 11.3 Å². The van der Waals surface area contributed by atoms with Gasteiger partial charge in [-0.25, -0.2) is 8.78 Å². The summed E-state index contributed by atoms with van der Waals surface area (Å²) in [7, 11) is 0. The summed E-state index contributed by atoms with van der Waals surface area (Å²) in [6, 6.07) is 4.02. The molecule has 0 spiro atoms. The van der Waals surface area contributed by atoms with Crippen LogP contribution in [0.2, 0.25) is 0 Å². The predicted octanol–water partition coefficient (Wildman–Crippen LogP) is 1.83. The number of benzene rings is 1. The second kappa shape index (κ2) is 7.43. The Hall–Kier alpha value is -3.31. The molecule has 31 heavy (non-hydrogen) atoms. The highest BCUT2D eigenvalue weighted by Crippen LogP contribution is 2.37. The lowest BCUT2D eigenvalue weighted by Gasteiger charge is -2.50. The number of pyridine rings is 1. The number of rotatable bonds is 3. The molecular formula is C20H16F2N4O4S. The van der Waals surface area contributed by atoms with Crippen LogP contribution in [0.4, 0.5) is 8.78 Å². The van der Waals surface area contributed by atoms with Gasteiger partial charge < -0.3 is 14.7 Å². The Bertz CT molecular complexity index is 1220. The lowest BCUT2D eigenvalue weighted by atomic mass is 10.0. The SMILES string of the molecule is O=C1c2c(O)c(=O)ccn2N([C@@H](c2ccc(F)c(F)c2)c2cncs2)[C@@H]2COCCN12. The molecule has 8 nitrogen and oxygen atoms in total. The number of amides is 1. The normalized spacial score (nSPS) is 19.2. The molecule has 5 rings (SSSR count). The van der Waals surface area contributed by atoms with Gasteiger partial charge in [-0.05, 0) is 17.7 Å². The van der Waals surface area contributed by atoms with Crippen LogP contribution in [0.1, 0.15) is 27.0 Å². The highest BCUT2D eigenvalue weighted by molar-refractivity contribution is 7.09. The summed E-state index contributed by atoms with van der Waals surface area (Å²) in [6.07, 6.45) is 2.37. The minimum absolute atomic E-state index is 0.150. The van der Waals surface area contributed by atoms with Gasteiger partial charge >= 0.3 is 0 Å². The molecule has 2 aliphatic rings. The summed E-state index contributed by atoms with van der Waals surface area (Å²) >= 11 is 1.30. The van der Waals surface area contributed by atoms with Crippen molar-refractivity contribution in [1.82, 2.24) is 14.6 Å². The zero-order chi connectivity index (χ0) is 21.7. The van der Waals surface area contributed by atoms with Gasteiger partial charge in [0.1, 0.15) is 12.2 Å². The van der Waals surface area contributed by atoms with Gasteiger partial charge in [0, 0.05) is 25.0 Å². The lowest BCUT2D eigenvalue weighted by Crippen LogP contribution is -2.66. The first-order chi connectivity index (χ1) is 15.0. The molecule has 0 radical (unpaired) electrons. The molecular weight excluding hydrogens is 430 g/mol. The maximum Gasteiger partial charge on any atom is 0.278 e. The number of carbonyl (C=O) groups is 1. The summed E-state index contributed by atoms with van der Waals surface area (Å²) in [4.78, 5) is 31.5. The van der Waals surface area contributed by atoms with Gasteiger partial charge in [0.05, 0.1) is 23.6 Å². The van der Waals surface area contributed by atoms with Gasteiger partial charge in [0.2, 0.25) is 5.43 Å². The minimum Gasteiger partial charge on any atom is -0.502 e. The molecule has 0 saturated carbocycles. The van der Waals surface area contributed by atoms with Crippen molar-refractivity contribution < 1.29 is 23.4 Å². The molecule has 0 unspecified atom stereocenters. The van der Waals surface area contributed by atoms with E-state index < -0.39 is 40.9 Å². The van der Waals surface area contributed by atoms with E-state index in [0.29, 0.717) is 17.0 Å². The van der Waals surface area contributed by atoms with Crippen LogP contribution in [0.5, 0.6) is 5.75 Å². The third kappa shape index (κ3) is 3.08. The van der Waals surface area contributed by atoms with Gasteiger partial charge in [0.25, 0.3) is 5.91 Å². The van der Waals surface area contributed by atoms with Crippen LogP contribution in [0.3, 0.4) is 0 Å². The highest BCUT2D eigenvalue weighted by atomic mass is 32.1. The van der Waals surface area contributed by atoms with Gasteiger partial charge in [-0.1, -0.05) is 6.07 Å². The van der Waals surface area contributed by atoms with Crippen LogP contribution in [0.25, 0.3) is 0 Å². The molecule has 2 aliphatic heterocycles. The topological polar surface area (TPSA) is 87.9 Å². The van der Waals surface area contributed by atoms with Crippen molar-refractivity contribution in [2.24, 2.45) is 0 Å². The Morgan fingerprint density at radius 2 is 2.06 bits per heavy atom. The van der Waals surface area contributed by atoms with Gasteiger partial charge in [-0.2, -0.15) is 0 Å². The number of hydrogen-bond acceptors (Lipinski definition) is 7. The number of fused-ring (bicyclic) bond motifs is 2. The van der Waals surface area contributed by atoms with Crippen molar-refractivity contribution in [2.45, 2.75) is 12.2 Å². The Morgan fingerprint density at radius 3 is 2.81 bits per heavy atom. The van der Waals surface area contributed by atoms with E-state index in [4.69, 9.17) is 4.74 Å². The van der Waals surface area contributed by atoms with Crippen molar-refractivity contribution in [1.29, 1.82) is 0 Å². The van der Waals surface area contributed by atoms with Crippen LogP contribution in [0, 0.1) is 11.6 Å². The molecule has 11 heteroatoms. The molecule has 1 fully saturated rings. The third-order valence-electron chi connectivity index (χ3n) is 5.42. The monoisotopic (exact) mass is 446 g/mol. The number of ether oxygens (including phenoxy) is 1. The number of thiazole rings is 1. The fourth-order valence-corrected chi connectivity index (χ4v) is 4.76. The maximum atomic E-state index is 14.2. The quantitative estimate of drug-likeness (QED) is 0.661. The number of carbonyl (C=O) groups excluding carboxylic acids is 1. The summed E-state index contributed by atoms with van der Waals surface area (Å²) in [5.74, 6) is -3.17. The number of halogens is 2. The largest absolute Gasteiger partial charge is 0.502 e. The number of hydrogen-bond donors (Lipinski definition) is 1. The maximum absolute atomic E-state index is 14.2. The number of aromatic nitrogens is 2. The molecule has 0 aliphatic carbocycles. The third-order valence-corrected chi connectivity index (χ3v) is 6.25. The molecule has 4 heterocycles. The van der Waals surface area contributed by atoms with E-state index in [0.717, 1.165) is 18.2 Å². The van der Waals surface area contributed by atoms with Crippen LogP contribution in [-0.4, -0.2) is 51.5 Å². The summed E-state index contributed by atoms with van der Waals surface area (Å²) in [6.45, 7) is 0.692. The Balaban J connectivity index is 1.77. The van der Waals surface area contributed by atoms with E-state index in [1.807, 2.05) is 0 Å². The Morgan fingerprint density at radius 1 is 1.23 bits per heavy atom. The second-order valence-electron chi connectivity index (χ2n) is 7.14. The van der Waals surface area contributed by atoms with Gasteiger partial charge in [0.15, 0.2) is 23.1 Å². The van der Waals surface area contributed by atoms with Crippen LogP contribution in [0.15, 0.2) is 47.0 Å². The van der Waals surface area contributed by atoms with E-state index in [1.54, 1.807) is 16.7 Å². The summed E-state index contributed by atoms with van der Waals surface area (Å²) < 4.78 is 34.8. The van der Waals surface area contributed by atoms with E-state index >= 15 is 0 Å². The van der Waals surface area contributed by atoms with Crippen molar-refractivity contribution in [2.75, 3.05) is 24.8 Å². The van der Waals surface area contributed by atoms with Gasteiger partial charge in [-0.3, -0.25) is 24.3 Å². The molecule has 160 valence electrons. The second-order valence-corrected chi connectivity index (χ2v) is 8.05. The smallest absolute Gasteiger partial charge is 0.278 e. The molecule has 2 atom stereocenters. The molecule has 3 aromatic rings. The van der Waals surface area contributed by atoms with E-state index in [9.17, 15) is 23.5 Å². The van der Waals surface area contributed by atoms with Gasteiger partial charge in [-0.15, -0.1) is 11.3 Å². The first-order valence-corrected chi connectivity index (χ1v) is 10.3. The first-order valence-electron chi connectivity index (χ1n) is 9.42. The van der Waals surface area contributed by atoms with Crippen molar-refractivity contribution >= 4 is 17.2 Å². The number of aromatic hydroxyl groups is 1. The number of morpholine rings is 1. The first kappa shape index (κ1) is 19.6. The highest BCUT2D eigenvalue weighted by Gasteiger charge is 2.45. The molecule has 0 bridgehead atoms. The zero-order valence-corrected chi connectivity index (χ0v) is 16.8. The summed E-state index contributed by atoms with van der Waals surface area (Å²) in [5, 5.41) is 12.1. The van der Waals surface area contributed by atoms with E-state index in [1.165, 1.54) is 33.2 Å². The van der Waals surface area contributed by atoms with E-state index in [2.05, 4.69) is 4.98 Å². The molecule has 1 amide bonds. The Kier molecular flexibility index (Phi) is 4.71. The average Bonchev–Trinajstić information content (AvgIpc) is 3.30. The fraction of sp³-hybridized carbons (Fsp3) is 0.250. The van der Waals surface area contributed by atoms with Crippen LogP contribution < -0.4 is 10.4 Å². The van der Waals surface area contributed by atoms with Crippen molar-refractivity contribution in [3.63, 3.8) is 0 Å². The van der Waals surface area contributed by atoms with Crippen LogP contribution in [-0.2, 0) is 4.74 Å². The Labute approximate surface area is 178 Å². The fourth-order valence-electron chi connectivity index (χ4n) is 4.02. The molecule has 2 aromatic heterocycles. The van der Waals surface area contributed by atoms with Crippen molar-refractivity contribution in [3.05, 3.63) is 80.2 Å². The number of nitrogens with zero attached hydrogens (tertiary/aromatic N) is 4. The van der Waals surface area contributed by atoms with E-state index in [-0.39, 0.29) is 18.8 Å². The van der Waals surface area contributed by atoms with Crippen molar-refractivity contribution in [3.8, 4) is 5.75 Å². The predicted molar refractivity (Wildman–Crippen MR) is 107 cm³/mol.